The van der Waals surface area contributed by atoms with Crippen LogP contribution in [0.1, 0.15) is 31.2 Å². The van der Waals surface area contributed by atoms with Crippen molar-refractivity contribution in [3.63, 3.8) is 0 Å². The van der Waals surface area contributed by atoms with Gasteiger partial charge in [-0.2, -0.15) is 4.98 Å². The van der Waals surface area contributed by atoms with Crippen LogP contribution in [0.2, 0.25) is 0 Å². The lowest BCUT2D eigenvalue weighted by molar-refractivity contribution is 0.172. The zero-order chi connectivity index (χ0) is 13.9. The Morgan fingerprint density at radius 3 is 2.58 bits per heavy atom. The van der Waals surface area contributed by atoms with E-state index in [1.54, 1.807) is 0 Å². The van der Waals surface area contributed by atoms with Crippen molar-refractivity contribution in [2.45, 2.75) is 38.1 Å². The van der Waals surface area contributed by atoms with E-state index in [-0.39, 0.29) is 5.54 Å². The highest BCUT2D eigenvalue weighted by Crippen LogP contribution is 2.34. The van der Waals surface area contributed by atoms with Crippen molar-refractivity contribution in [2.24, 2.45) is 0 Å². The van der Waals surface area contributed by atoms with Gasteiger partial charge in [0.25, 0.3) is 0 Å². The topological polar surface area (TPSA) is 53.1 Å². The highest BCUT2D eigenvalue weighted by atomic mass is 15.2. The van der Waals surface area contributed by atoms with Crippen molar-refractivity contribution in [3.05, 3.63) is 11.8 Å². The third-order valence-corrected chi connectivity index (χ3v) is 4.26. The van der Waals surface area contributed by atoms with Crippen molar-refractivity contribution in [3.8, 4) is 0 Å². The van der Waals surface area contributed by atoms with Crippen molar-refractivity contribution in [1.29, 1.82) is 0 Å². The molecule has 5 nitrogen and oxygen atoms in total. The molecule has 5 heteroatoms. The van der Waals surface area contributed by atoms with Gasteiger partial charge in [0.2, 0.25) is 5.95 Å². The number of rotatable bonds is 5. The minimum absolute atomic E-state index is 0.275. The van der Waals surface area contributed by atoms with E-state index in [0.29, 0.717) is 5.95 Å². The van der Waals surface area contributed by atoms with Gasteiger partial charge < -0.3 is 15.5 Å². The highest BCUT2D eigenvalue weighted by Gasteiger charge is 2.35. The molecule has 1 saturated carbocycles. The Morgan fingerprint density at radius 2 is 2.00 bits per heavy atom. The summed E-state index contributed by atoms with van der Waals surface area (Å²) in [5, 5.41) is 6.50. The molecule has 0 spiro atoms. The van der Waals surface area contributed by atoms with Crippen molar-refractivity contribution in [1.82, 2.24) is 14.9 Å². The fraction of sp³-hybridized carbons (Fsp3) is 0.714. The maximum absolute atomic E-state index is 4.49. The number of aromatic nitrogens is 2. The van der Waals surface area contributed by atoms with Gasteiger partial charge in [-0.15, -0.1) is 0 Å². The van der Waals surface area contributed by atoms with E-state index in [1.807, 2.05) is 20.2 Å². The second-order valence-electron chi connectivity index (χ2n) is 5.65. The number of anilines is 2. The number of likely N-dealkylation sites (N-methyl/N-ethyl adjacent to an activating group) is 1. The summed E-state index contributed by atoms with van der Waals surface area (Å²) >= 11 is 0. The van der Waals surface area contributed by atoms with Crippen molar-refractivity contribution < 1.29 is 0 Å². The largest absolute Gasteiger partial charge is 0.368 e. The number of aryl methyl sites for hydroxylation is 1. The first-order valence-electron chi connectivity index (χ1n) is 7.00. The summed E-state index contributed by atoms with van der Waals surface area (Å²) < 4.78 is 0. The van der Waals surface area contributed by atoms with Gasteiger partial charge in [0.05, 0.1) is 0 Å². The maximum atomic E-state index is 4.49. The first-order chi connectivity index (χ1) is 9.07. The smallest absolute Gasteiger partial charge is 0.224 e. The van der Waals surface area contributed by atoms with Gasteiger partial charge >= 0.3 is 0 Å². The molecule has 1 aliphatic rings. The van der Waals surface area contributed by atoms with Crippen molar-refractivity contribution in [2.75, 3.05) is 38.3 Å². The molecule has 2 N–H and O–H groups in total. The number of hydrogen-bond donors (Lipinski definition) is 2. The molecule has 106 valence electrons. The molecule has 1 heterocycles. The SMILES string of the molecule is CNc1ncc(C)c(NCC2(N(C)C)CCCC2)n1. The molecule has 1 aliphatic carbocycles. The van der Waals surface area contributed by atoms with Gasteiger partial charge in [-0.05, 0) is 33.9 Å². The average Bonchev–Trinajstić information content (AvgIpc) is 2.88. The summed E-state index contributed by atoms with van der Waals surface area (Å²) in [6.07, 6.45) is 7.03. The van der Waals surface area contributed by atoms with E-state index in [2.05, 4.69) is 39.6 Å². The standard InChI is InChI=1S/C14H25N5/c1-11-9-16-13(15-2)18-12(11)17-10-14(19(3)4)7-5-6-8-14/h9H,5-8,10H2,1-4H3,(H2,15,16,17,18). The van der Waals surface area contributed by atoms with Crippen LogP contribution in [0, 0.1) is 6.92 Å². The van der Waals surface area contributed by atoms with E-state index in [0.717, 1.165) is 17.9 Å². The predicted molar refractivity (Wildman–Crippen MR) is 79.7 cm³/mol. The Hall–Kier alpha value is -1.36. The predicted octanol–water partition coefficient (Wildman–Crippen LogP) is 2.11. The molecule has 1 fully saturated rings. The van der Waals surface area contributed by atoms with E-state index < -0.39 is 0 Å². The van der Waals surface area contributed by atoms with Crippen LogP contribution in [0.15, 0.2) is 6.20 Å². The molecule has 0 atom stereocenters. The summed E-state index contributed by atoms with van der Waals surface area (Å²) in [4.78, 5) is 11.1. The molecular formula is C14H25N5. The van der Waals surface area contributed by atoms with Crippen LogP contribution < -0.4 is 10.6 Å². The molecular weight excluding hydrogens is 238 g/mol. The lowest BCUT2D eigenvalue weighted by atomic mass is 9.96. The molecule has 0 radical (unpaired) electrons. The Morgan fingerprint density at radius 1 is 1.32 bits per heavy atom. The first kappa shape index (κ1) is 14.1. The molecule has 0 bridgehead atoms. The van der Waals surface area contributed by atoms with Gasteiger partial charge in [0.1, 0.15) is 5.82 Å². The molecule has 0 aliphatic heterocycles. The van der Waals surface area contributed by atoms with Gasteiger partial charge in [-0.25, -0.2) is 4.98 Å². The van der Waals surface area contributed by atoms with E-state index in [4.69, 9.17) is 0 Å². The Kier molecular flexibility index (Phi) is 4.24. The second kappa shape index (κ2) is 5.74. The fourth-order valence-corrected chi connectivity index (χ4v) is 2.80. The van der Waals surface area contributed by atoms with Gasteiger partial charge in [0, 0.05) is 30.9 Å². The summed E-state index contributed by atoms with van der Waals surface area (Å²) in [6.45, 7) is 2.99. The lowest BCUT2D eigenvalue weighted by Gasteiger charge is -2.36. The summed E-state index contributed by atoms with van der Waals surface area (Å²) in [7, 11) is 6.20. The third kappa shape index (κ3) is 2.97. The van der Waals surface area contributed by atoms with E-state index in [9.17, 15) is 0 Å². The molecule has 1 aromatic heterocycles. The molecule has 19 heavy (non-hydrogen) atoms. The van der Waals surface area contributed by atoms with Crippen LogP contribution >= 0.6 is 0 Å². The zero-order valence-corrected chi connectivity index (χ0v) is 12.5. The van der Waals surface area contributed by atoms with Crippen LogP contribution in [-0.2, 0) is 0 Å². The zero-order valence-electron chi connectivity index (χ0n) is 12.5. The molecule has 0 unspecified atom stereocenters. The normalized spacial score (nSPS) is 17.7. The summed E-state index contributed by atoms with van der Waals surface area (Å²) in [5.41, 5.74) is 1.36. The van der Waals surface area contributed by atoms with Gasteiger partial charge in [0.15, 0.2) is 0 Å². The first-order valence-corrected chi connectivity index (χ1v) is 7.00. The van der Waals surface area contributed by atoms with Crippen LogP contribution in [0.4, 0.5) is 11.8 Å². The molecule has 1 aromatic rings. The average molecular weight is 263 g/mol. The minimum Gasteiger partial charge on any atom is -0.368 e. The van der Waals surface area contributed by atoms with Crippen LogP contribution in [-0.4, -0.2) is 48.1 Å². The summed E-state index contributed by atoms with van der Waals surface area (Å²) in [6, 6.07) is 0. The Bertz CT molecular complexity index is 424. The maximum Gasteiger partial charge on any atom is 0.224 e. The van der Waals surface area contributed by atoms with Crippen LogP contribution in [0.25, 0.3) is 0 Å². The minimum atomic E-state index is 0.275. The highest BCUT2D eigenvalue weighted by molar-refractivity contribution is 5.46. The van der Waals surface area contributed by atoms with E-state index >= 15 is 0 Å². The van der Waals surface area contributed by atoms with Crippen LogP contribution in [0.5, 0.6) is 0 Å². The number of hydrogen-bond acceptors (Lipinski definition) is 5. The lowest BCUT2D eigenvalue weighted by Crippen LogP contribution is -2.47. The van der Waals surface area contributed by atoms with Gasteiger partial charge in [-0.3, -0.25) is 0 Å². The number of nitrogens with one attached hydrogen (secondary N) is 2. The third-order valence-electron chi connectivity index (χ3n) is 4.26. The molecule has 0 amide bonds. The van der Waals surface area contributed by atoms with Gasteiger partial charge in [-0.1, -0.05) is 12.8 Å². The monoisotopic (exact) mass is 263 g/mol. The van der Waals surface area contributed by atoms with E-state index in [1.165, 1.54) is 25.7 Å². The molecule has 0 aromatic carbocycles. The molecule has 0 saturated heterocycles. The quantitative estimate of drug-likeness (QED) is 0.852. The van der Waals surface area contributed by atoms with Crippen molar-refractivity contribution >= 4 is 11.8 Å². The Labute approximate surface area is 115 Å². The van der Waals surface area contributed by atoms with Crippen LogP contribution in [0.3, 0.4) is 0 Å². The second-order valence-corrected chi connectivity index (χ2v) is 5.65. The number of nitrogens with zero attached hydrogens (tertiary/aromatic N) is 3. The fourth-order valence-electron chi connectivity index (χ4n) is 2.80. The Balaban J connectivity index is 2.09. The molecule has 2 rings (SSSR count). The summed E-state index contributed by atoms with van der Waals surface area (Å²) in [5.74, 6) is 1.60.